The van der Waals surface area contributed by atoms with Crippen LogP contribution < -0.4 is 5.32 Å². The van der Waals surface area contributed by atoms with Gasteiger partial charge in [0.1, 0.15) is 0 Å². The molecule has 5 heteroatoms. The van der Waals surface area contributed by atoms with Crippen LogP contribution in [0.4, 0.5) is 18.9 Å². The van der Waals surface area contributed by atoms with Crippen LogP contribution >= 0.6 is 15.9 Å². The average Bonchev–Trinajstić information content (AvgIpc) is 2.40. The van der Waals surface area contributed by atoms with E-state index in [0.717, 1.165) is 10.0 Å². The molecular weight excluding hydrogens is 343 g/mol. The Hall–Kier alpha value is -1.49. The number of alkyl halides is 3. The van der Waals surface area contributed by atoms with E-state index in [1.165, 1.54) is 0 Å². The van der Waals surface area contributed by atoms with E-state index < -0.39 is 18.6 Å². The second-order valence-electron chi connectivity index (χ2n) is 4.91. The molecule has 0 bridgehead atoms. The molecule has 0 aromatic heterocycles. The van der Waals surface area contributed by atoms with Crippen molar-refractivity contribution in [3.05, 3.63) is 64.1 Å². The zero-order valence-corrected chi connectivity index (χ0v) is 13.0. The molecule has 0 aliphatic rings. The molecule has 2 rings (SSSR count). The summed E-state index contributed by atoms with van der Waals surface area (Å²) >= 11 is 3.38. The van der Waals surface area contributed by atoms with Crippen LogP contribution in [0.1, 0.15) is 23.6 Å². The summed E-state index contributed by atoms with van der Waals surface area (Å²) in [7, 11) is 0. The maximum Gasteiger partial charge on any atom is 0.391 e. The number of rotatable bonds is 4. The molecule has 0 heterocycles. The van der Waals surface area contributed by atoms with Gasteiger partial charge in [-0.1, -0.05) is 36.4 Å². The maximum absolute atomic E-state index is 12.8. The fourth-order valence-corrected chi connectivity index (χ4v) is 2.70. The maximum atomic E-state index is 12.8. The van der Waals surface area contributed by atoms with E-state index >= 15 is 0 Å². The molecule has 0 aliphatic heterocycles. The minimum Gasteiger partial charge on any atom is -0.377 e. The van der Waals surface area contributed by atoms with Crippen molar-refractivity contribution < 1.29 is 13.2 Å². The Kier molecular flexibility index (Phi) is 4.93. The molecule has 1 nitrogen and oxygen atoms in total. The summed E-state index contributed by atoms with van der Waals surface area (Å²) < 4.78 is 39.2. The first kappa shape index (κ1) is 15.9. The van der Waals surface area contributed by atoms with Crippen LogP contribution in [0.15, 0.2) is 53.0 Å². The number of aryl methyl sites for hydroxylation is 1. The minimum absolute atomic E-state index is 0.613. The van der Waals surface area contributed by atoms with Crippen molar-refractivity contribution in [2.45, 2.75) is 25.6 Å². The second-order valence-corrected chi connectivity index (χ2v) is 5.76. The van der Waals surface area contributed by atoms with Crippen LogP contribution in [0.5, 0.6) is 0 Å². The molecule has 21 heavy (non-hydrogen) atoms. The summed E-state index contributed by atoms with van der Waals surface area (Å²) in [5.74, 6) is 0. The highest BCUT2D eigenvalue weighted by Crippen LogP contribution is 2.34. The number of benzene rings is 2. The molecule has 1 N–H and O–H groups in total. The van der Waals surface area contributed by atoms with Crippen molar-refractivity contribution in [3.63, 3.8) is 0 Å². The number of hydrogen-bond acceptors (Lipinski definition) is 1. The van der Waals surface area contributed by atoms with E-state index in [4.69, 9.17) is 0 Å². The fraction of sp³-hybridized carbons (Fsp3) is 0.250. The van der Waals surface area contributed by atoms with Crippen molar-refractivity contribution in [3.8, 4) is 0 Å². The molecule has 0 aliphatic carbocycles. The lowest BCUT2D eigenvalue weighted by Crippen LogP contribution is -2.20. The van der Waals surface area contributed by atoms with Gasteiger partial charge in [0.2, 0.25) is 0 Å². The lowest BCUT2D eigenvalue weighted by molar-refractivity contribution is -0.137. The Morgan fingerprint density at radius 3 is 2.33 bits per heavy atom. The van der Waals surface area contributed by atoms with Crippen LogP contribution in [-0.2, 0) is 0 Å². The van der Waals surface area contributed by atoms with E-state index in [-0.39, 0.29) is 0 Å². The van der Waals surface area contributed by atoms with Gasteiger partial charge in [0.25, 0.3) is 0 Å². The molecular formula is C16H15BrF3N. The highest BCUT2D eigenvalue weighted by Gasteiger charge is 2.32. The summed E-state index contributed by atoms with van der Waals surface area (Å²) in [4.78, 5) is 0. The molecule has 0 fully saturated rings. The van der Waals surface area contributed by atoms with E-state index in [2.05, 4.69) is 21.2 Å². The SMILES string of the molecule is Cc1ccc(NC(CC(F)(F)F)c2ccccc2)c(Br)c1. The third-order valence-electron chi connectivity index (χ3n) is 3.09. The summed E-state index contributed by atoms with van der Waals surface area (Å²) in [6.07, 6.45) is -5.15. The first-order valence-electron chi connectivity index (χ1n) is 6.49. The normalized spacial score (nSPS) is 13.0. The van der Waals surface area contributed by atoms with Crippen LogP contribution in [0, 0.1) is 6.92 Å². The smallest absolute Gasteiger partial charge is 0.377 e. The number of anilines is 1. The van der Waals surface area contributed by atoms with Crippen LogP contribution in [0.2, 0.25) is 0 Å². The van der Waals surface area contributed by atoms with Gasteiger partial charge in [-0.3, -0.25) is 0 Å². The Morgan fingerprint density at radius 2 is 1.76 bits per heavy atom. The molecule has 0 saturated carbocycles. The van der Waals surface area contributed by atoms with Crippen LogP contribution in [-0.4, -0.2) is 6.18 Å². The lowest BCUT2D eigenvalue weighted by Gasteiger charge is -2.22. The first-order chi connectivity index (χ1) is 9.85. The Labute approximate surface area is 130 Å². The number of nitrogens with one attached hydrogen (secondary N) is 1. The summed E-state index contributed by atoms with van der Waals surface area (Å²) in [6, 6.07) is 13.4. The number of hydrogen-bond donors (Lipinski definition) is 1. The van der Waals surface area contributed by atoms with Gasteiger partial charge in [-0.15, -0.1) is 0 Å². The van der Waals surface area contributed by atoms with E-state index in [1.807, 2.05) is 19.1 Å². The minimum atomic E-state index is -4.23. The Balaban J connectivity index is 2.28. The van der Waals surface area contributed by atoms with Gasteiger partial charge in [0.15, 0.2) is 0 Å². The molecule has 0 radical (unpaired) electrons. The standard InChI is InChI=1S/C16H15BrF3N/c1-11-7-8-14(13(17)9-11)21-15(10-16(18,19)20)12-5-3-2-4-6-12/h2-9,15,21H,10H2,1H3. The average molecular weight is 358 g/mol. The molecule has 1 unspecified atom stereocenters. The van der Waals surface area contributed by atoms with Crippen molar-refractivity contribution >= 4 is 21.6 Å². The molecule has 0 amide bonds. The summed E-state index contributed by atoms with van der Waals surface area (Å²) in [5, 5.41) is 2.98. The largest absolute Gasteiger partial charge is 0.391 e. The zero-order valence-electron chi connectivity index (χ0n) is 11.4. The third kappa shape index (κ3) is 4.77. The molecule has 1 atom stereocenters. The molecule has 0 saturated heterocycles. The quantitative estimate of drug-likeness (QED) is 0.722. The van der Waals surface area contributed by atoms with Crippen molar-refractivity contribution in [1.82, 2.24) is 0 Å². The topological polar surface area (TPSA) is 12.0 Å². The highest BCUT2D eigenvalue weighted by molar-refractivity contribution is 9.10. The van der Waals surface area contributed by atoms with Gasteiger partial charge in [0, 0.05) is 10.2 Å². The van der Waals surface area contributed by atoms with E-state index in [0.29, 0.717) is 11.3 Å². The van der Waals surface area contributed by atoms with Gasteiger partial charge in [-0.05, 0) is 46.1 Å². The highest BCUT2D eigenvalue weighted by atomic mass is 79.9. The van der Waals surface area contributed by atoms with Gasteiger partial charge in [0.05, 0.1) is 12.5 Å². The summed E-state index contributed by atoms with van der Waals surface area (Å²) in [5.41, 5.74) is 2.31. The van der Waals surface area contributed by atoms with E-state index in [1.54, 1.807) is 36.4 Å². The number of halogens is 4. The fourth-order valence-electron chi connectivity index (χ4n) is 2.09. The third-order valence-corrected chi connectivity index (χ3v) is 3.75. The van der Waals surface area contributed by atoms with Crippen molar-refractivity contribution in [2.24, 2.45) is 0 Å². The van der Waals surface area contributed by atoms with Gasteiger partial charge in [-0.2, -0.15) is 13.2 Å². The van der Waals surface area contributed by atoms with Crippen LogP contribution in [0.25, 0.3) is 0 Å². The molecule has 2 aromatic rings. The lowest BCUT2D eigenvalue weighted by atomic mass is 10.0. The molecule has 0 spiro atoms. The van der Waals surface area contributed by atoms with Crippen molar-refractivity contribution in [2.75, 3.05) is 5.32 Å². The molecule has 112 valence electrons. The van der Waals surface area contributed by atoms with Crippen molar-refractivity contribution in [1.29, 1.82) is 0 Å². The predicted octanol–water partition coefficient (Wildman–Crippen LogP) is 5.86. The monoisotopic (exact) mass is 357 g/mol. The predicted molar refractivity (Wildman–Crippen MR) is 82.4 cm³/mol. The van der Waals surface area contributed by atoms with Gasteiger partial charge >= 0.3 is 6.18 Å². The Bertz CT molecular complexity index is 596. The molecule has 2 aromatic carbocycles. The van der Waals surface area contributed by atoms with Crippen LogP contribution in [0.3, 0.4) is 0 Å². The first-order valence-corrected chi connectivity index (χ1v) is 7.29. The second kappa shape index (κ2) is 6.52. The van der Waals surface area contributed by atoms with E-state index in [9.17, 15) is 13.2 Å². The van der Waals surface area contributed by atoms with Gasteiger partial charge < -0.3 is 5.32 Å². The Morgan fingerprint density at radius 1 is 1.10 bits per heavy atom. The van der Waals surface area contributed by atoms with Gasteiger partial charge in [-0.25, -0.2) is 0 Å². The summed E-state index contributed by atoms with van der Waals surface area (Å²) in [6.45, 7) is 1.93. The zero-order chi connectivity index (χ0) is 15.5.